The highest BCUT2D eigenvalue weighted by Gasteiger charge is 2.29. The number of halogens is 3. The van der Waals surface area contributed by atoms with Crippen LogP contribution in [-0.4, -0.2) is 40.3 Å². The first kappa shape index (κ1) is 28.5. The van der Waals surface area contributed by atoms with E-state index in [-0.39, 0.29) is 16.3 Å². The average Bonchev–Trinajstić information content (AvgIpc) is 2.84. The molecule has 0 aliphatic rings. The Kier molecular flexibility index (Phi) is 10.2. The highest BCUT2D eigenvalue weighted by molar-refractivity contribution is 7.98. The molecule has 0 saturated carbocycles. The molecule has 0 fully saturated rings. The quantitative estimate of drug-likeness (QED) is 0.270. The van der Waals surface area contributed by atoms with Crippen LogP contribution in [0.15, 0.2) is 65.6 Å². The molecule has 11 heteroatoms. The first-order chi connectivity index (χ1) is 17.1. The number of benzene rings is 3. The molecule has 3 aromatic rings. The van der Waals surface area contributed by atoms with Gasteiger partial charge in [-0.2, -0.15) is 11.8 Å². The molecule has 0 heterocycles. The summed E-state index contributed by atoms with van der Waals surface area (Å²) in [5, 5.41) is 4.10. The third-order valence-corrected chi connectivity index (χ3v) is 8.91. The first-order valence-corrected chi connectivity index (χ1v) is 14.6. The van der Waals surface area contributed by atoms with E-state index in [0.29, 0.717) is 33.1 Å². The standard InChI is InChI=1S/C25H25Cl3N2O4S2/c1-17-3-7-20(8-4-17)36(32,33)30(23-14-19(26)6-10-24(23)34-2)15-25(31)29-11-12-35-16-18-5-9-21(27)22(28)13-18/h3-10,13-14H,11-12,15-16H2,1-2H3,(H,29,31). The number of carbonyl (C=O) groups excluding carboxylic acids is 1. The smallest absolute Gasteiger partial charge is 0.264 e. The van der Waals surface area contributed by atoms with Crippen LogP contribution < -0.4 is 14.4 Å². The van der Waals surface area contributed by atoms with Gasteiger partial charge in [0.25, 0.3) is 10.0 Å². The van der Waals surface area contributed by atoms with E-state index >= 15 is 0 Å². The molecular formula is C25H25Cl3N2O4S2. The van der Waals surface area contributed by atoms with Crippen LogP contribution in [0.5, 0.6) is 5.75 Å². The Bertz CT molecular complexity index is 1320. The molecule has 1 N–H and O–H groups in total. The van der Waals surface area contributed by atoms with Crippen molar-refractivity contribution in [3.63, 3.8) is 0 Å². The van der Waals surface area contributed by atoms with E-state index in [9.17, 15) is 13.2 Å². The van der Waals surface area contributed by atoms with Gasteiger partial charge in [-0.15, -0.1) is 0 Å². The van der Waals surface area contributed by atoms with E-state index in [2.05, 4.69) is 5.32 Å². The number of carbonyl (C=O) groups is 1. The molecule has 0 aliphatic heterocycles. The van der Waals surface area contributed by atoms with Crippen LogP contribution in [-0.2, 0) is 20.6 Å². The van der Waals surface area contributed by atoms with E-state index in [4.69, 9.17) is 39.5 Å². The molecule has 0 spiro atoms. The summed E-state index contributed by atoms with van der Waals surface area (Å²) in [5.74, 6) is 1.14. The van der Waals surface area contributed by atoms with Gasteiger partial charge in [0.1, 0.15) is 12.3 Å². The van der Waals surface area contributed by atoms with Crippen molar-refractivity contribution in [2.75, 3.05) is 30.3 Å². The summed E-state index contributed by atoms with van der Waals surface area (Å²) in [6, 6.07) is 16.5. The molecule has 3 aromatic carbocycles. The summed E-state index contributed by atoms with van der Waals surface area (Å²) in [6.45, 7) is 1.78. The summed E-state index contributed by atoms with van der Waals surface area (Å²) in [4.78, 5) is 12.9. The predicted molar refractivity (Wildman–Crippen MR) is 149 cm³/mol. The minimum absolute atomic E-state index is 0.0557. The number of nitrogens with one attached hydrogen (secondary N) is 1. The minimum Gasteiger partial charge on any atom is -0.495 e. The van der Waals surface area contributed by atoms with Crippen molar-refractivity contribution in [3.8, 4) is 5.75 Å². The number of anilines is 1. The summed E-state index contributed by atoms with van der Waals surface area (Å²) in [6.07, 6.45) is 0. The Hall–Kier alpha value is -2.10. The number of hydrogen-bond donors (Lipinski definition) is 1. The molecule has 6 nitrogen and oxygen atoms in total. The summed E-state index contributed by atoms with van der Waals surface area (Å²) < 4.78 is 33.5. The fraction of sp³-hybridized carbons (Fsp3) is 0.240. The second-order valence-corrected chi connectivity index (χ2v) is 12.0. The lowest BCUT2D eigenvalue weighted by molar-refractivity contribution is -0.119. The van der Waals surface area contributed by atoms with Crippen LogP contribution in [0.2, 0.25) is 15.1 Å². The van der Waals surface area contributed by atoms with E-state index in [1.807, 2.05) is 19.1 Å². The molecule has 0 unspecified atom stereocenters. The maximum atomic E-state index is 13.6. The normalized spacial score (nSPS) is 11.2. The minimum atomic E-state index is -4.09. The SMILES string of the molecule is COc1ccc(Cl)cc1N(CC(=O)NCCSCc1ccc(Cl)c(Cl)c1)S(=O)(=O)c1ccc(C)cc1. The van der Waals surface area contributed by atoms with Crippen LogP contribution in [0, 0.1) is 6.92 Å². The Morgan fingerprint density at radius 1 is 1.00 bits per heavy atom. The zero-order chi connectivity index (χ0) is 26.3. The number of thioether (sulfide) groups is 1. The van der Waals surface area contributed by atoms with Crippen LogP contribution >= 0.6 is 46.6 Å². The van der Waals surface area contributed by atoms with Crippen LogP contribution in [0.1, 0.15) is 11.1 Å². The van der Waals surface area contributed by atoms with Crippen molar-refractivity contribution < 1.29 is 17.9 Å². The predicted octanol–water partition coefficient (Wildman–Crippen LogP) is 6.21. The lowest BCUT2D eigenvalue weighted by atomic mass is 10.2. The number of rotatable bonds is 11. The maximum Gasteiger partial charge on any atom is 0.264 e. The third kappa shape index (κ3) is 7.46. The molecule has 0 atom stereocenters. The Balaban J connectivity index is 1.71. The van der Waals surface area contributed by atoms with Gasteiger partial charge in [0.2, 0.25) is 5.91 Å². The largest absolute Gasteiger partial charge is 0.495 e. The van der Waals surface area contributed by atoms with E-state index in [1.54, 1.807) is 42.1 Å². The molecule has 192 valence electrons. The van der Waals surface area contributed by atoms with E-state index < -0.39 is 22.5 Å². The van der Waals surface area contributed by atoms with Crippen LogP contribution in [0.4, 0.5) is 5.69 Å². The van der Waals surface area contributed by atoms with Gasteiger partial charge in [0, 0.05) is 23.1 Å². The van der Waals surface area contributed by atoms with Gasteiger partial charge < -0.3 is 10.1 Å². The van der Waals surface area contributed by atoms with Gasteiger partial charge in [0.05, 0.1) is 27.7 Å². The molecule has 0 aliphatic carbocycles. The average molecular weight is 588 g/mol. The molecular weight excluding hydrogens is 563 g/mol. The molecule has 0 saturated heterocycles. The zero-order valence-corrected chi connectivity index (χ0v) is 23.5. The van der Waals surface area contributed by atoms with Crippen molar-refractivity contribution >= 4 is 68.2 Å². The summed E-state index contributed by atoms with van der Waals surface area (Å²) >= 11 is 19.8. The fourth-order valence-corrected chi connectivity index (χ4v) is 5.98. The lowest BCUT2D eigenvalue weighted by Gasteiger charge is -2.26. The third-order valence-electron chi connectivity index (χ3n) is 5.13. The molecule has 0 aromatic heterocycles. The second kappa shape index (κ2) is 12.9. The Morgan fingerprint density at radius 3 is 2.39 bits per heavy atom. The van der Waals surface area contributed by atoms with Crippen molar-refractivity contribution in [3.05, 3.63) is 86.9 Å². The molecule has 0 radical (unpaired) electrons. The van der Waals surface area contributed by atoms with Gasteiger partial charge in [0.15, 0.2) is 0 Å². The highest BCUT2D eigenvalue weighted by atomic mass is 35.5. The molecule has 3 rings (SSSR count). The van der Waals surface area contributed by atoms with Crippen molar-refractivity contribution in [1.82, 2.24) is 5.32 Å². The van der Waals surface area contributed by atoms with Gasteiger partial charge in [-0.05, 0) is 55.0 Å². The topological polar surface area (TPSA) is 75.7 Å². The first-order valence-electron chi connectivity index (χ1n) is 10.8. The maximum absolute atomic E-state index is 13.6. The lowest BCUT2D eigenvalue weighted by Crippen LogP contribution is -2.41. The number of hydrogen-bond acceptors (Lipinski definition) is 5. The number of amides is 1. The second-order valence-electron chi connectivity index (χ2n) is 7.79. The number of methoxy groups -OCH3 is 1. The monoisotopic (exact) mass is 586 g/mol. The van der Waals surface area contributed by atoms with E-state index in [0.717, 1.165) is 15.4 Å². The summed E-state index contributed by atoms with van der Waals surface area (Å²) in [5.41, 5.74) is 2.11. The number of aryl methyl sites for hydroxylation is 1. The fourth-order valence-electron chi connectivity index (χ4n) is 3.26. The van der Waals surface area contributed by atoms with Crippen molar-refractivity contribution in [2.45, 2.75) is 17.6 Å². The van der Waals surface area contributed by atoms with Crippen molar-refractivity contribution in [2.24, 2.45) is 0 Å². The van der Waals surface area contributed by atoms with E-state index in [1.165, 1.54) is 25.3 Å². The number of nitrogens with zero attached hydrogens (tertiary/aromatic N) is 1. The highest BCUT2D eigenvalue weighted by Crippen LogP contribution is 2.34. The number of ether oxygens (including phenoxy) is 1. The van der Waals surface area contributed by atoms with Gasteiger partial charge in [-0.3, -0.25) is 9.10 Å². The molecule has 36 heavy (non-hydrogen) atoms. The Labute approximate surface area is 230 Å². The Morgan fingerprint density at radius 2 is 1.72 bits per heavy atom. The van der Waals surface area contributed by atoms with Gasteiger partial charge in [-0.25, -0.2) is 8.42 Å². The van der Waals surface area contributed by atoms with Crippen LogP contribution in [0.25, 0.3) is 0 Å². The number of sulfonamides is 1. The molecule has 0 bridgehead atoms. The summed E-state index contributed by atoms with van der Waals surface area (Å²) in [7, 11) is -2.66. The zero-order valence-electron chi connectivity index (χ0n) is 19.6. The van der Waals surface area contributed by atoms with Gasteiger partial charge >= 0.3 is 0 Å². The van der Waals surface area contributed by atoms with Gasteiger partial charge in [-0.1, -0.05) is 58.6 Å². The van der Waals surface area contributed by atoms with Crippen molar-refractivity contribution in [1.29, 1.82) is 0 Å². The van der Waals surface area contributed by atoms with Crippen LogP contribution in [0.3, 0.4) is 0 Å². The molecule has 1 amide bonds.